The lowest BCUT2D eigenvalue weighted by Gasteiger charge is -2.22. The Hall–Kier alpha value is -1.69. The van der Waals surface area contributed by atoms with Gasteiger partial charge in [0.2, 0.25) is 10.0 Å². The second-order valence-corrected chi connectivity index (χ2v) is 6.34. The number of hydrogen-bond acceptors (Lipinski definition) is 5. The molecule has 0 spiro atoms. The molecule has 0 saturated carbocycles. The van der Waals surface area contributed by atoms with E-state index in [1.54, 1.807) is 0 Å². The highest BCUT2D eigenvalue weighted by atomic mass is 32.2. The third-order valence-corrected chi connectivity index (χ3v) is 4.98. The summed E-state index contributed by atoms with van der Waals surface area (Å²) in [5, 5.41) is 8.64. The zero-order chi connectivity index (χ0) is 16.0. The molecule has 0 amide bonds. The van der Waals surface area contributed by atoms with Gasteiger partial charge in [0.25, 0.3) is 0 Å². The van der Waals surface area contributed by atoms with Crippen LogP contribution in [0.1, 0.15) is 12.0 Å². The maximum Gasteiger partial charge on any atom is 0.243 e. The van der Waals surface area contributed by atoms with Crippen molar-refractivity contribution in [1.82, 2.24) is 4.31 Å². The fourth-order valence-corrected chi connectivity index (χ4v) is 3.49. The predicted octanol–water partition coefficient (Wildman–Crippen LogP) is 1.27. The van der Waals surface area contributed by atoms with Gasteiger partial charge >= 0.3 is 0 Å². The fraction of sp³-hybridized carbons (Fsp3) is 0.462. The zero-order valence-electron chi connectivity index (χ0n) is 12.0. The second kappa shape index (κ2) is 7.36. The fourth-order valence-electron chi connectivity index (χ4n) is 1.80. The number of halogens is 1. The van der Waals surface area contributed by atoms with Crippen molar-refractivity contribution in [3.05, 3.63) is 23.5 Å². The molecule has 0 heterocycles. The van der Waals surface area contributed by atoms with Crippen LogP contribution in [0, 0.1) is 24.1 Å². The minimum absolute atomic E-state index is 0.00331. The summed E-state index contributed by atoms with van der Waals surface area (Å²) in [7, 11) is -2.49. The van der Waals surface area contributed by atoms with E-state index >= 15 is 0 Å². The monoisotopic (exact) mass is 315 g/mol. The second-order valence-electron chi connectivity index (χ2n) is 4.43. The van der Waals surface area contributed by atoms with Crippen molar-refractivity contribution in [3.63, 3.8) is 0 Å². The van der Waals surface area contributed by atoms with Crippen LogP contribution in [0.5, 0.6) is 0 Å². The van der Waals surface area contributed by atoms with Crippen molar-refractivity contribution in [2.45, 2.75) is 18.2 Å². The number of hydrogen-bond donors (Lipinski definition) is 1. The van der Waals surface area contributed by atoms with Gasteiger partial charge < -0.3 is 10.5 Å². The van der Waals surface area contributed by atoms with Crippen LogP contribution >= 0.6 is 0 Å². The van der Waals surface area contributed by atoms with Gasteiger partial charge in [-0.25, -0.2) is 12.8 Å². The molecular weight excluding hydrogens is 297 g/mol. The van der Waals surface area contributed by atoms with Gasteiger partial charge in [-0.2, -0.15) is 9.57 Å². The number of methoxy groups -OCH3 is 1. The van der Waals surface area contributed by atoms with Gasteiger partial charge in [-0.05, 0) is 19.1 Å². The quantitative estimate of drug-likeness (QED) is 0.764. The van der Waals surface area contributed by atoms with E-state index in [1.165, 1.54) is 20.1 Å². The Balaban J connectivity index is 3.25. The molecule has 8 heteroatoms. The van der Waals surface area contributed by atoms with Gasteiger partial charge in [0.05, 0.1) is 17.6 Å². The minimum Gasteiger partial charge on any atom is -0.399 e. The molecule has 1 rings (SSSR count). The highest BCUT2D eigenvalue weighted by Crippen LogP contribution is 2.25. The molecule has 2 N–H and O–H groups in total. The lowest BCUT2D eigenvalue weighted by molar-refractivity contribution is 0.179. The molecular formula is C13H18FN3O3S. The minimum atomic E-state index is -3.94. The van der Waals surface area contributed by atoms with Gasteiger partial charge in [-0.1, -0.05) is 0 Å². The van der Waals surface area contributed by atoms with Crippen molar-refractivity contribution in [3.8, 4) is 6.07 Å². The summed E-state index contributed by atoms with van der Waals surface area (Å²) < 4.78 is 44.9. The van der Waals surface area contributed by atoms with Crippen LogP contribution < -0.4 is 5.73 Å². The van der Waals surface area contributed by atoms with Gasteiger partial charge in [0, 0.05) is 37.9 Å². The Morgan fingerprint density at radius 1 is 1.43 bits per heavy atom. The average molecular weight is 315 g/mol. The summed E-state index contributed by atoms with van der Waals surface area (Å²) in [6.07, 6.45) is 0.0345. The van der Waals surface area contributed by atoms with E-state index in [2.05, 4.69) is 0 Å². The first-order valence-corrected chi connectivity index (χ1v) is 7.70. The Morgan fingerprint density at radius 2 is 2.10 bits per heavy atom. The molecule has 0 bridgehead atoms. The van der Waals surface area contributed by atoms with Crippen LogP contribution in [0.2, 0.25) is 0 Å². The Morgan fingerprint density at radius 3 is 2.67 bits per heavy atom. The summed E-state index contributed by atoms with van der Waals surface area (Å²) >= 11 is 0. The van der Waals surface area contributed by atoms with Gasteiger partial charge in [-0.15, -0.1) is 0 Å². The maximum absolute atomic E-state index is 13.7. The van der Waals surface area contributed by atoms with Crippen molar-refractivity contribution in [2.24, 2.45) is 0 Å². The molecule has 0 aliphatic rings. The van der Waals surface area contributed by atoms with Crippen LogP contribution in [-0.2, 0) is 14.8 Å². The maximum atomic E-state index is 13.7. The Kier molecular flexibility index (Phi) is 6.08. The number of rotatable bonds is 7. The molecule has 0 fully saturated rings. The lowest BCUT2D eigenvalue weighted by atomic mass is 10.2. The van der Waals surface area contributed by atoms with E-state index < -0.39 is 15.8 Å². The van der Waals surface area contributed by atoms with Gasteiger partial charge in [-0.3, -0.25) is 0 Å². The SMILES string of the molecule is COCCN(CCC#N)S(=O)(=O)c1cc(N)cc(F)c1C. The molecule has 0 unspecified atom stereocenters. The molecule has 0 aliphatic carbocycles. The highest BCUT2D eigenvalue weighted by molar-refractivity contribution is 7.89. The largest absolute Gasteiger partial charge is 0.399 e. The molecule has 0 atom stereocenters. The molecule has 116 valence electrons. The van der Waals surface area contributed by atoms with Crippen LogP contribution in [-0.4, -0.2) is 39.5 Å². The van der Waals surface area contributed by atoms with Gasteiger partial charge in [0.15, 0.2) is 0 Å². The lowest BCUT2D eigenvalue weighted by Crippen LogP contribution is -2.35. The molecule has 0 aromatic heterocycles. The molecule has 1 aromatic carbocycles. The van der Waals surface area contributed by atoms with Crippen LogP contribution in [0.4, 0.5) is 10.1 Å². The first kappa shape index (κ1) is 17.4. The number of ether oxygens (including phenoxy) is 1. The van der Waals surface area contributed by atoms with Gasteiger partial charge in [0.1, 0.15) is 5.82 Å². The number of sulfonamides is 1. The molecule has 6 nitrogen and oxygen atoms in total. The summed E-state index contributed by atoms with van der Waals surface area (Å²) in [6.45, 7) is 1.64. The normalized spacial score (nSPS) is 11.6. The topological polar surface area (TPSA) is 96.4 Å². The van der Waals surface area contributed by atoms with E-state index in [0.29, 0.717) is 0 Å². The van der Waals surface area contributed by atoms with Crippen molar-refractivity contribution >= 4 is 15.7 Å². The predicted molar refractivity (Wildman–Crippen MR) is 76.4 cm³/mol. The number of nitrogen functional groups attached to an aromatic ring is 1. The standard InChI is InChI=1S/C13H18FN3O3S/c1-10-12(14)8-11(16)9-13(10)21(18,19)17(5-3-4-15)6-7-20-2/h8-9H,3,5-7,16H2,1-2H3. The highest BCUT2D eigenvalue weighted by Gasteiger charge is 2.27. The Labute approximate surface area is 124 Å². The summed E-state index contributed by atoms with van der Waals surface area (Å²) in [6, 6.07) is 4.18. The van der Waals surface area contributed by atoms with E-state index in [1.807, 2.05) is 6.07 Å². The molecule has 21 heavy (non-hydrogen) atoms. The number of benzene rings is 1. The molecule has 0 aliphatic heterocycles. The van der Waals surface area contributed by atoms with E-state index in [0.717, 1.165) is 10.4 Å². The molecule has 0 radical (unpaired) electrons. The zero-order valence-corrected chi connectivity index (χ0v) is 12.8. The van der Waals surface area contributed by atoms with E-state index in [4.69, 9.17) is 15.7 Å². The average Bonchev–Trinajstić information content (AvgIpc) is 2.42. The Bertz CT molecular complexity index is 641. The summed E-state index contributed by atoms with van der Waals surface area (Å²) in [5.74, 6) is -0.680. The van der Waals surface area contributed by atoms with Crippen molar-refractivity contribution < 1.29 is 17.5 Å². The summed E-state index contributed by atoms with van der Waals surface area (Å²) in [4.78, 5) is -0.186. The smallest absolute Gasteiger partial charge is 0.243 e. The number of nitrogens with zero attached hydrogens (tertiary/aromatic N) is 2. The number of nitriles is 1. The molecule has 0 saturated heterocycles. The van der Waals surface area contributed by atoms with Crippen LogP contribution in [0.15, 0.2) is 17.0 Å². The third kappa shape index (κ3) is 4.14. The first-order valence-electron chi connectivity index (χ1n) is 6.26. The van der Waals surface area contributed by atoms with E-state index in [9.17, 15) is 12.8 Å². The number of anilines is 1. The molecule has 1 aromatic rings. The first-order chi connectivity index (χ1) is 9.84. The van der Waals surface area contributed by atoms with Crippen LogP contribution in [0.25, 0.3) is 0 Å². The van der Waals surface area contributed by atoms with E-state index in [-0.39, 0.29) is 42.3 Å². The van der Waals surface area contributed by atoms with Crippen molar-refractivity contribution in [2.75, 3.05) is 32.5 Å². The number of nitrogens with two attached hydrogens (primary N) is 1. The van der Waals surface area contributed by atoms with Crippen molar-refractivity contribution in [1.29, 1.82) is 5.26 Å². The summed E-state index contributed by atoms with van der Waals surface area (Å²) in [5.41, 5.74) is 5.56. The third-order valence-electron chi connectivity index (χ3n) is 2.95. The van der Waals surface area contributed by atoms with Crippen LogP contribution in [0.3, 0.4) is 0 Å².